The van der Waals surface area contributed by atoms with Crippen LogP contribution in [0, 0.1) is 0 Å². The normalized spacial score (nSPS) is 11.6. The summed E-state index contributed by atoms with van der Waals surface area (Å²) >= 11 is 1.70. The van der Waals surface area contributed by atoms with E-state index < -0.39 is 0 Å². The molecule has 0 fully saturated rings. The highest BCUT2D eigenvalue weighted by Gasteiger charge is 2.15. The average Bonchev–Trinajstić information content (AvgIpc) is 3.51. The van der Waals surface area contributed by atoms with Gasteiger partial charge in [0.15, 0.2) is 0 Å². The largest absolute Gasteiger partial charge is 0.353 e. The van der Waals surface area contributed by atoms with Gasteiger partial charge < -0.3 is 4.98 Å². The molecular weight excluding hydrogens is 380 g/mol. The Morgan fingerprint density at radius 1 is 0.966 bits per heavy atom. The highest BCUT2D eigenvalue weighted by molar-refractivity contribution is 7.13. The molecule has 0 aliphatic carbocycles. The number of hydrogen-bond donors (Lipinski definition) is 2. The van der Waals surface area contributed by atoms with E-state index in [1.807, 2.05) is 36.4 Å². The van der Waals surface area contributed by atoms with Crippen molar-refractivity contribution in [3.63, 3.8) is 0 Å². The van der Waals surface area contributed by atoms with E-state index in [4.69, 9.17) is 0 Å². The summed E-state index contributed by atoms with van der Waals surface area (Å²) in [6.45, 7) is 0. The van der Waals surface area contributed by atoms with Crippen molar-refractivity contribution in [2.24, 2.45) is 7.05 Å². The summed E-state index contributed by atoms with van der Waals surface area (Å²) in [5.41, 5.74) is 7.13. The van der Waals surface area contributed by atoms with Crippen LogP contribution in [-0.4, -0.2) is 29.9 Å². The van der Waals surface area contributed by atoms with Crippen LogP contribution in [-0.2, 0) is 7.05 Å². The smallest absolute Gasteiger partial charge is 0.116 e. The summed E-state index contributed by atoms with van der Waals surface area (Å²) in [6.07, 6.45) is 5.74. The van der Waals surface area contributed by atoms with E-state index in [0.717, 1.165) is 54.9 Å². The second kappa shape index (κ2) is 6.15. The lowest BCUT2D eigenvalue weighted by Gasteiger charge is -1.99. The van der Waals surface area contributed by atoms with Crippen LogP contribution in [0.4, 0.5) is 0 Å². The summed E-state index contributed by atoms with van der Waals surface area (Å²) in [7, 11) is 1.93. The fourth-order valence-electron chi connectivity index (χ4n) is 3.76. The molecule has 6 aromatic rings. The molecule has 5 aromatic heterocycles. The molecular formula is C22H16N6S. The molecule has 0 atom stereocenters. The molecule has 0 aliphatic rings. The fourth-order valence-corrected chi connectivity index (χ4v) is 4.50. The lowest BCUT2D eigenvalue weighted by Crippen LogP contribution is -1.84. The van der Waals surface area contributed by atoms with Crippen LogP contribution in [0.5, 0.6) is 0 Å². The van der Waals surface area contributed by atoms with Gasteiger partial charge in [0.1, 0.15) is 5.69 Å². The third-order valence-electron chi connectivity index (χ3n) is 5.16. The van der Waals surface area contributed by atoms with Crippen molar-refractivity contribution in [1.29, 1.82) is 0 Å². The van der Waals surface area contributed by atoms with Crippen molar-refractivity contribution < 1.29 is 0 Å². The van der Waals surface area contributed by atoms with Crippen LogP contribution >= 0.6 is 11.3 Å². The minimum Gasteiger partial charge on any atom is -0.353 e. The van der Waals surface area contributed by atoms with Crippen molar-refractivity contribution in [3.05, 3.63) is 66.4 Å². The number of aryl methyl sites for hydroxylation is 1. The molecule has 0 spiro atoms. The molecule has 0 bridgehead atoms. The standard InChI is InChI=1S/C22H16N6S/c1-28-12-14(11-24-28)13-4-5-18-15(9-13)21(27-26-18)19-10-16-17(25-19)6-7-23-22(16)20-3-2-8-29-20/h2-12,25H,1H3,(H,26,27). The molecule has 140 valence electrons. The molecule has 6 nitrogen and oxygen atoms in total. The lowest BCUT2D eigenvalue weighted by molar-refractivity contribution is 0.768. The van der Waals surface area contributed by atoms with Crippen LogP contribution in [0.1, 0.15) is 0 Å². The van der Waals surface area contributed by atoms with E-state index in [0.29, 0.717) is 0 Å². The van der Waals surface area contributed by atoms with Gasteiger partial charge in [0.05, 0.1) is 28.0 Å². The Kier molecular flexibility index (Phi) is 3.45. The summed E-state index contributed by atoms with van der Waals surface area (Å²) in [5, 5.41) is 16.3. The van der Waals surface area contributed by atoms with Crippen LogP contribution in [0.3, 0.4) is 0 Å². The Bertz CT molecular complexity index is 1470. The molecule has 0 unspecified atom stereocenters. The van der Waals surface area contributed by atoms with Crippen molar-refractivity contribution >= 4 is 33.1 Å². The van der Waals surface area contributed by atoms with Crippen LogP contribution in [0.25, 0.3) is 54.9 Å². The minimum absolute atomic E-state index is 0.902. The third-order valence-corrected chi connectivity index (χ3v) is 6.04. The highest BCUT2D eigenvalue weighted by atomic mass is 32.1. The van der Waals surface area contributed by atoms with Crippen LogP contribution in [0.2, 0.25) is 0 Å². The van der Waals surface area contributed by atoms with Gasteiger partial charge in [-0.05, 0) is 41.3 Å². The van der Waals surface area contributed by atoms with E-state index in [1.165, 1.54) is 0 Å². The zero-order valence-corrected chi connectivity index (χ0v) is 16.4. The molecule has 0 amide bonds. The molecule has 1 aromatic carbocycles. The number of aromatic amines is 2. The predicted molar refractivity (Wildman–Crippen MR) is 117 cm³/mol. The molecule has 0 saturated carbocycles. The molecule has 5 heterocycles. The van der Waals surface area contributed by atoms with E-state index >= 15 is 0 Å². The van der Waals surface area contributed by atoms with Crippen molar-refractivity contribution in [3.8, 4) is 33.1 Å². The first-order valence-electron chi connectivity index (χ1n) is 9.25. The van der Waals surface area contributed by atoms with Crippen molar-refractivity contribution in [2.45, 2.75) is 0 Å². The van der Waals surface area contributed by atoms with Crippen LogP contribution < -0.4 is 0 Å². The second-order valence-electron chi connectivity index (χ2n) is 7.02. The first-order valence-corrected chi connectivity index (χ1v) is 10.1. The van der Waals surface area contributed by atoms with Crippen LogP contribution in [0.15, 0.2) is 66.4 Å². The number of thiophene rings is 1. The van der Waals surface area contributed by atoms with Gasteiger partial charge in [0, 0.05) is 41.3 Å². The SMILES string of the molecule is Cn1cc(-c2ccc3[nH]nc(-c4cc5c(-c6cccs6)nccc5[nH]4)c3c2)cn1. The molecule has 7 heteroatoms. The molecule has 0 aliphatic heterocycles. The lowest BCUT2D eigenvalue weighted by atomic mass is 10.1. The van der Waals surface area contributed by atoms with Gasteiger partial charge in [0.2, 0.25) is 0 Å². The number of aromatic nitrogens is 6. The third kappa shape index (κ3) is 2.59. The number of hydrogen-bond acceptors (Lipinski definition) is 4. The summed E-state index contributed by atoms with van der Waals surface area (Å²) in [6, 6.07) is 14.6. The first kappa shape index (κ1) is 16.3. The predicted octanol–water partition coefficient (Wildman–Crippen LogP) is 5.24. The number of nitrogens with zero attached hydrogens (tertiary/aromatic N) is 4. The van der Waals surface area contributed by atoms with Gasteiger partial charge in [-0.3, -0.25) is 14.8 Å². The van der Waals surface area contributed by atoms with Crippen molar-refractivity contribution in [1.82, 2.24) is 29.9 Å². The molecule has 2 N–H and O–H groups in total. The Balaban J connectivity index is 1.53. The summed E-state index contributed by atoms with van der Waals surface area (Å²) < 4.78 is 1.81. The van der Waals surface area contributed by atoms with Gasteiger partial charge in [-0.25, -0.2) is 0 Å². The Labute approximate surface area is 169 Å². The number of H-pyrrole nitrogens is 2. The maximum atomic E-state index is 4.62. The topological polar surface area (TPSA) is 75.2 Å². The molecule has 6 rings (SSSR count). The maximum Gasteiger partial charge on any atom is 0.116 e. The van der Waals surface area contributed by atoms with Gasteiger partial charge in [-0.1, -0.05) is 12.1 Å². The first-order chi connectivity index (χ1) is 14.3. The molecule has 0 saturated heterocycles. The Hall–Kier alpha value is -3.71. The Morgan fingerprint density at radius 2 is 1.90 bits per heavy atom. The maximum absolute atomic E-state index is 4.62. The fraction of sp³-hybridized carbons (Fsp3) is 0.0455. The zero-order valence-electron chi connectivity index (χ0n) is 15.5. The number of fused-ring (bicyclic) bond motifs is 2. The average molecular weight is 396 g/mol. The molecule has 0 radical (unpaired) electrons. The summed E-state index contributed by atoms with van der Waals surface area (Å²) in [4.78, 5) is 9.30. The van der Waals surface area contributed by atoms with Gasteiger partial charge in [-0.2, -0.15) is 10.2 Å². The zero-order chi connectivity index (χ0) is 19.4. The minimum atomic E-state index is 0.902. The quantitative estimate of drug-likeness (QED) is 0.430. The number of nitrogens with one attached hydrogen (secondary N) is 2. The summed E-state index contributed by atoms with van der Waals surface area (Å²) in [5.74, 6) is 0. The van der Waals surface area contributed by atoms with E-state index in [2.05, 4.69) is 67.0 Å². The van der Waals surface area contributed by atoms with E-state index in [-0.39, 0.29) is 0 Å². The van der Waals surface area contributed by atoms with E-state index in [9.17, 15) is 0 Å². The van der Waals surface area contributed by atoms with Gasteiger partial charge in [0.25, 0.3) is 0 Å². The highest BCUT2D eigenvalue weighted by Crippen LogP contribution is 2.35. The van der Waals surface area contributed by atoms with Crippen molar-refractivity contribution in [2.75, 3.05) is 0 Å². The van der Waals surface area contributed by atoms with E-state index in [1.54, 1.807) is 11.3 Å². The van der Waals surface area contributed by atoms with Gasteiger partial charge >= 0.3 is 0 Å². The van der Waals surface area contributed by atoms with Gasteiger partial charge in [-0.15, -0.1) is 11.3 Å². The Morgan fingerprint density at radius 3 is 2.72 bits per heavy atom. The monoisotopic (exact) mass is 396 g/mol. The molecule has 29 heavy (non-hydrogen) atoms. The number of rotatable bonds is 3. The number of benzene rings is 1. The number of pyridine rings is 1. The second-order valence-corrected chi connectivity index (χ2v) is 7.96.